The lowest BCUT2D eigenvalue weighted by Gasteiger charge is -2.08. The number of allylic oxidation sites excluding steroid dienone is 2. The predicted molar refractivity (Wildman–Crippen MR) is 121 cm³/mol. The smallest absolute Gasteiger partial charge is 0.270 e. The Morgan fingerprint density at radius 1 is 1.19 bits per heavy atom. The second-order valence-electron chi connectivity index (χ2n) is 7.81. The largest absolute Gasteiger partial charge is 0.402 e. The van der Waals surface area contributed by atoms with Crippen LogP contribution in [0.4, 0.5) is 0 Å². The highest BCUT2D eigenvalue weighted by Gasteiger charge is 2.15. The number of nitrogens with two attached hydrogens (primary N) is 1. The first-order valence-corrected chi connectivity index (χ1v) is 9.95. The molecule has 0 radical (unpaired) electrons. The average Bonchev–Trinajstić information content (AvgIpc) is 3.15. The first-order chi connectivity index (χ1) is 14.7. The zero-order chi connectivity index (χ0) is 22.7. The highest BCUT2D eigenvalue weighted by molar-refractivity contribution is 6.45. The Labute approximate surface area is 180 Å². The van der Waals surface area contributed by atoms with Gasteiger partial charge in [-0.2, -0.15) is 0 Å². The summed E-state index contributed by atoms with van der Waals surface area (Å²) in [6.07, 6.45) is 3.28. The molecule has 5 N–H and O–H groups in total. The summed E-state index contributed by atoms with van der Waals surface area (Å²) in [7, 11) is 0. The Morgan fingerprint density at radius 2 is 1.94 bits per heavy atom. The van der Waals surface area contributed by atoms with Crippen molar-refractivity contribution in [2.75, 3.05) is 0 Å². The minimum Gasteiger partial charge on any atom is -0.402 e. The molecule has 0 saturated carbocycles. The first kappa shape index (κ1) is 21.9. The first-order valence-electron chi connectivity index (χ1n) is 9.95. The summed E-state index contributed by atoms with van der Waals surface area (Å²) in [6.45, 7) is 7.12. The Morgan fingerprint density at radius 3 is 2.61 bits per heavy atom. The number of aromatic nitrogens is 3. The molecule has 3 aromatic rings. The van der Waals surface area contributed by atoms with Crippen molar-refractivity contribution in [3.05, 3.63) is 59.2 Å². The maximum Gasteiger partial charge on any atom is 0.270 e. The van der Waals surface area contributed by atoms with E-state index in [0.29, 0.717) is 28.2 Å². The molecular weight excluding hydrogens is 392 g/mol. The zero-order valence-corrected chi connectivity index (χ0v) is 18.0. The number of hydrogen-bond donors (Lipinski definition) is 4. The molecular formula is C23H26N6O2. The number of nitrogens with zero attached hydrogens (tertiary/aromatic N) is 2. The molecule has 0 bridgehead atoms. The van der Waals surface area contributed by atoms with Gasteiger partial charge < -0.3 is 16.0 Å². The van der Waals surface area contributed by atoms with Crippen LogP contribution >= 0.6 is 0 Å². The third-order valence-electron chi connectivity index (χ3n) is 4.86. The molecule has 0 saturated heterocycles. The summed E-state index contributed by atoms with van der Waals surface area (Å²) in [5.74, 6) is -0.541. The van der Waals surface area contributed by atoms with Crippen LogP contribution in [0.2, 0.25) is 0 Å². The van der Waals surface area contributed by atoms with Gasteiger partial charge in [0.15, 0.2) is 5.78 Å². The fourth-order valence-corrected chi connectivity index (χ4v) is 3.05. The Balaban J connectivity index is 1.85. The fraction of sp³-hybridized carbons (Fsp3) is 0.261. The fourth-order valence-electron chi connectivity index (χ4n) is 3.05. The molecule has 0 spiro atoms. The van der Waals surface area contributed by atoms with Gasteiger partial charge in [-0.05, 0) is 63.1 Å². The van der Waals surface area contributed by atoms with Crippen LogP contribution in [0.15, 0.2) is 47.9 Å². The molecule has 8 heteroatoms. The van der Waals surface area contributed by atoms with Crippen molar-refractivity contribution in [2.24, 2.45) is 5.73 Å². The molecule has 3 rings (SSSR count). The maximum atomic E-state index is 12.4. The second kappa shape index (κ2) is 8.91. The van der Waals surface area contributed by atoms with Crippen molar-refractivity contribution in [1.29, 1.82) is 5.41 Å². The highest BCUT2D eigenvalue weighted by atomic mass is 16.2. The van der Waals surface area contributed by atoms with Crippen LogP contribution < -0.4 is 11.1 Å². The summed E-state index contributed by atoms with van der Waals surface area (Å²) < 4.78 is 0. The number of rotatable bonds is 7. The molecule has 3 aromatic heterocycles. The van der Waals surface area contributed by atoms with Crippen LogP contribution in [-0.2, 0) is 11.2 Å². The molecule has 0 aliphatic rings. The number of ketones is 1. The van der Waals surface area contributed by atoms with Crippen molar-refractivity contribution >= 4 is 28.4 Å². The molecule has 0 unspecified atom stereocenters. The molecule has 8 nitrogen and oxygen atoms in total. The van der Waals surface area contributed by atoms with Crippen LogP contribution in [0.25, 0.3) is 22.3 Å². The predicted octanol–water partition coefficient (Wildman–Crippen LogP) is 3.15. The van der Waals surface area contributed by atoms with Gasteiger partial charge in [-0.1, -0.05) is 0 Å². The van der Waals surface area contributed by atoms with Crippen LogP contribution in [0.1, 0.15) is 43.7 Å². The monoisotopic (exact) mass is 418 g/mol. The lowest BCUT2D eigenvalue weighted by molar-refractivity contribution is -0.112. The van der Waals surface area contributed by atoms with Gasteiger partial charge in [0.25, 0.3) is 5.91 Å². The van der Waals surface area contributed by atoms with Gasteiger partial charge in [-0.3, -0.25) is 20.0 Å². The molecule has 0 aliphatic heterocycles. The molecule has 3 heterocycles. The standard InChI is InChI=1S/C23H26N6O2/c1-12(2)28-23(31)19-9-16(5-6-26-19)18-10-17-7-15(11-27-22(17)29-18)8-20(30)21(25)13(3)14(4)24/h5-7,9-12,25H,8,24H2,1-4H3,(H,27,29)(H,28,31)/b14-13-,25-21?. The highest BCUT2D eigenvalue weighted by Crippen LogP contribution is 2.24. The molecule has 0 fully saturated rings. The lowest BCUT2D eigenvalue weighted by Crippen LogP contribution is -2.30. The van der Waals surface area contributed by atoms with E-state index < -0.39 is 0 Å². The third-order valence-corrected chi connectivity index (χ3v) is 4.86. The number of carbonyl (C=O) groups is 2. The zero-order valence-electron chi connectivity index (χ0n) is 18.0. The van der Waals surface area contributed by atoms with E-state index in [-0.39, 0.29) is 29.9 Å². The number of nitrogens with one attached hydrogen (secondary N) is 3. The second-order valence-corrected chi connectivity index (χ2v) is 7.81. The van der Waals surface area contributed by atoms with Gasteiger partial charge in [0.05, 0.1) is 0 Å². The van der Waals surface area contributed by atoms with E-state index in [1.54, 1.807) is 32.3 Å². The number of aromatic amines is 1. The van der Waals surface area contributed by atoms with Crippen molar-refractivity contribution in [3.63, 3.8) is 0 Å². The molecule has 1 amide bonds. The van der Waals surface area contributed by atoms with Gasteiger partial charge in [0, 0.05) is 47.2 Å². The van der Waals surface area contributed by atoms with Crippen molar-refractivity contribution in [2.45, 2.75) is 40.2 Å². The van der Waals surface area contributed by atoms with E-state index >= 15 is 0 Å². The van der Waals surface area contributed by atoms with E-state index in [4.69, 9.17) is 11.1 Å². The SMILES string of the molecule is C/C(N)=C(\C)C(=N)C(=O)Cc1cnc2[nH]c(-c3ccnc(C(=O)NC(C)C)c3)cc2c1. The van der Waals surface area contributed by atoms with E-state index in [2.05, 4.69) is 20.3 Å². The summed E-state index contributed by atoms with van der Waals surface area (Å²) in [5, 5.41) is 11.7. The molecule has 0 atom stereocenters. The number of amides is 1. The quantitative estimate of drug-likeness (QED) is 0.437. The van der Waals surface area contributed by atoms with Gasteiger partial charge in [0.2, 0.25) is 0 Å². The maximum absolute atomic E-state index is 12.4. The van der Waals surface area contributed by atoms with Crippen molar-refractivity contribution < 1.29 is 9.59 Å². The summed E-state index contributed by atoms with van der Waals surface area (Å²) in [5.41, 5.74) is 9.86. The number of Topliss-reactive ketones (excluding diaryl/α,β-unsaturated/α-hetero) is 1. The topological polar surface area (TPSA) is 138 Å². The summed E-state index contributed by atoms with van der Waals surface area (Å²) >= 11 is 0. The molecule has 31 heavy (non-hydrogen) atoms. The van der Waals surface area contributed by atoms with Crippen LogP contribution in [0, 0.1) is 5.41 Å². The van der Waals surface area contributed by atoms with Gasteiger partial charge >= 0.3 is 0 Å². The molecule has 0 aromatic carbocycles. The van der Waals surface area contributed by atoms with Crippen LogP contribution in [-0.4, -0.2) is 38.4 Å². The Hall–Kier alpha value is -3.81. The van der Waals surface area contributed by atoms with Gasteiger partial charge in [0.1, 0.15) is 17.1 Å². The summed E-state index contributed by atoms with van der Waals surface area (Å²) in [4.78, 5) is 36.4. The number of H-pyrrole nitrogens is 1. The normalized spacial score (nSPS) is 12.0. The van der Waals surface area contributed by atoms with Crippen LogP contribution in [0.5, 0.6) is 0 Å². The van der Waals surface area contributed by atoms with E-state index in [1.165, 1.54) is 0 Å². The van der Waals surface area contributed by atoms with Crippen molar-refractivity contribution in [1.82, 2.24) is 20.3 Å². The number of carbonyl (C=O) groups excluding carboxylic acids is 2. The van der Waals surface area contributed by atoms with E-state index in [0.717, 1.165) is 16.6 Å². The summed E-state index contributed by atoms with van der Waals surface area (Å²) in [6, 6.07) is 7.34. The van der Waals surface area contributed by atoms with Crippen LogP contribution in [0.3, 0.4) is 0 Å². The number of fused-ring (bicyclic) bond motifs is 1. The third kappa shape index (κ3) is 5.03. The minimum atomic E-state index is -0.311. The van der Waals surface area contributed by atoms with E-state index in [1.807, 2.05) is 32.0 Å². The minimum absolute atomic E-state index is 0.0193. The van der Waals surface area contributed by atoms with Gasteiger partial charge in [-0.25, -0.2) is 4.98 Å². The number of hydrogen-bond acceptors (Lipinski definition) is 6. The number of pyridine rings is 2. The molecule has 160 valence electrons. The molecule has 0 aliphatic carbocycles. The lowest BCUT2D eigenvalue weighted by atomic mass is 10.0. The van der Waals surface area contributed by atoms with E-state index in [9.17, 15) is 9.59 Å². The Bertz CT molecular complexity index is 1200. The average molecular weight is 419 g/mol. The van der Waals surface area contributed by atoms with Crippen molar-refractivity contribution in [3.8, 4) is 11.3 Å². The Kier molecular flexibility index (Phi) is 6.29. The van der Waals surface area contributed by atoms with Gasteiger partial charge in [-0.15, -0.1) is 0 Å².